The first-order valence-corrected chi connectivity index (χ1v) is 20.7. The van der Waals surface area contributed by atoms with Crippen molar-refractivity contribution in [2.45, 2.75) is 6.54 Å². The lowest BCUT2D eigenvalue weighted by molar-refractivity contribution is 1.06. The summed E-state index contributed by atoms with van der Waals surface area (Å²) in [7, 11) is 0. The van der Waals surface area contributed by atoms with Crippen LogP contribution in [0.2, 0.25) is 0 Å². The van der Waals surface area contributed by atoms with Gasteiger partial charge in [0.05, 0.1) is 17.6 Å². The van der Waals surface area contributed by atoms with Crippen LogP contribution < -0.4 is 5.73 Å². The maximum atomic E-state index is 6.57. The molecule has 4 heteroatoms. The Kier molecular flexibility index (Phi) is 9.02. The number of hydrogen-bond acceptors (Lipinski definition) is 1. The highest BCUT2D eigenvalue weighted by Gasteiger charge is 2.17. The Hall–Kier alpha value is -8.08. The van der Waals surface area contributed by atoms with Crippen LogP contribution in [0.5, 0.6) is 0 Å². The number of aromatic nitrogens is 1. The summed E-state index contributed by atoms with van der Waals surface area (Å²) in [5.41, 5.74) is 17.7. The van der Waals surface area contributed by atoms with Crippen LogP contribution in [0.3, 0.4) is 0 Å². The molecule has 11 rings (SSSR count). The molecule has 288 valence electrons. The van der Waals surface area contributed by atoms with Gasteiger partial charge in [0.25, 0.3) is 0 Å². The van der Waals surface area contributed by atoms with Gasteiger partial charge in [-0.3, -0.25) is 4.99 Å². The standard InChI is InChI=1S/C57H40N4/c58-56(40-17-6-2-7-18-40)60-57(59-37-38-15-4-1-5-16-38)41-29-27-39(28-30-41)45-24-14-25-49-46-21-10-11-22-47(46)51-35-42(31-33-50(51)55(45)49)43-32-34-54-52(36-43)48-23-12-13-26-53(48)61(54)44-19-8-3-9-20-44/h1-36H,37H2,(H2,58,59,60). The quantitative estimate of drug-likeness (QED) is 0.0977. The zero-order chi connectivity index (χ0) is 40.7. The Morgan fingerprint density at radius 1 is 0.410 bits per heavy atom. The minimum atomic E-state index is 0.433. The summed E-state index contributed by atoms with van der Waals surface area (Å²) in [5.74, 6) is 1.03. The van der Waals surface area contributed by atoms with Crippen molar-refractivity contribution in [3.63, 3.8) is 0 Å². The molecule has 0 saturated heterocycles. The van der Waals surface area contributed by atoms with Crippen molar-refractivity contribution in [3.8, 4) is 27.9 Å². The van der Waals surface area contributed by atoms with E-state index >= 15 is 0 Å². The molecule has 1 heterocycles. The van der Waals surface area contributed by atoms with Gasteiger partial charge in [0, 0.05) is 27.6 Å². The smallest absolute Gasteiger partial charge is 0.157 e. The minimum Gasteiger partial charge on any atom is -0.383 e. The zero-order valence-corrected chi connectivity index (χ0v) is 33.4. The fourth-order valence-corrected chi connectivity index (χ4v) is 8.96. The number of nitrogens with two attached hydrogens (primary N) is 1. The third-order valence-electron chi connectivity index (χ3n) is 11.9. The normalized spacial score (nSPS) is 12.3. The van der Waals surface area contributed by atoms with Gasteiger partial charge in [0.1, 0.15) is 5.84 Å². The third-order valence-corrected chi connectivity index (χ3v) is 11.9. The molecule has 0 atom stereocenters. The number of para-hydroxylation sites is 2. The highest BCUT2D eigenvalue weighted by molar-refractivity contribution is 6.29. The molecule has 0 aliphatic carbocycles. The van der Waals surface area contributed by atoms with Crippen molar-refractivity contribution in [2.75, 3.05) is 0 Å². The van der Waals surface area contributed by atoms with Crippen LogP contribution in [-0.4, -0.2) is 16.2 Å². The molecule has 10 aromatic carbocycles. The van der Waals surface area contributed by atoms with E-state index in [1.165, 1.54) is 70.8 Å². The number of aliphatic imine (C=N–C) groups is 2. The molecular weight excluding hydrogens is 741 g/mol. The Bertz CT molecular complexity index is 3470. The summed E-state index contributed by atoms with van der Waals surface area (Å²) in [5, 5.41) is 9.91. The van der Waals surface area contributed by atoms with E-state index < -0.39 is 0 Å². The van der Waals surface area contributed by atoms with Gasteiger partial charge in [-0.15, -0.1) is 0 Å². The van der Waals surface area contributed by atoms with Crippen LogP contribution >= 0.6 is 0 Å². The summed E-state index contributed by atoms with van der Waals surface area (Å²) in [6.07, 6.45) is 0. The lowest BCUT2D eigenvalue weighted by atomic mass is 9.88. The lowest BCUT2D eigenvalue weighted by Crippen LogP contribution is -2.16. The second kappa shape index (κ2) is 15.3. The van der Waals surface area contributed by atoms with Gasteiger partial charge in [-0.05, 0) is 96.5 Å². The molecule has 0 aliphatic rings. The highest BCUT2D eigenvalue weighted by atomic mass is 15.0. The van der Waals surface area contributed by atoms with Crippen molar-refractivity contribution in [3.05, 3.63) is 235 Å². The number of amidine groups is 2. The maximum absolute atomic E-state index is 6.57. The molecule has 0 radical (unpaired) electrons. The van der Waals surface area contributed by atoms with Crippen molar-refractivity contribution in [2.24, 2.45) is 15.7 Å². The molecular formula is C57H40N4. The minimum absolute atomic E-state index is 0.433. The van der Waals surface area contributed by atoms with E-state index in [9.17, 15) is 0 Å². The molecule has 0 aliphatic heterocycles. The predicted octanol–water partition coefficient (Wildman–Crippen LogP) is 13.9. The number of benzene rings is 10. The predicted molar refractivity (Wildman–Crippen MR) is 258 cm³/mol. The van der Waals surface area contributed by atoms with Crippen LogP contribution in [0.1, 0.15) is 16.7 Å². The first-order valence-electron chi connectivity index (χ1n) is 20.7. The Morgan fingerprint density at radius 3 is 1.72 bits per heavy atom. The Morgan fingerprint density at radius 2 is 0.967 bits per heavy atom. The molecule has 0 spiro atoms. The zero-order valence-electron chi connectivity index (χ0n) is 33.4. The van der Waals surface area contributed by atoms with E-state index in [4.69, 9.17) is 15.7 Å². The fourth-order valence-electron chi connectivity index (χ4n) is 8.96. The van der Waals surface area contributed by atoms with Gasteiger partial charge >= 0.3 is 0 Å². The highest BCUT2D eigenvalue weighted by Crippen LogP contribution is 2.42. The first-order chi connectivity index (χ1) is 30.2. The molecule has 0 saturated carbocycles. The summed E-state index contributed by atoms with van der Waals surface area (Å²) in [4.78, 5) is 9.87. The molecule has 61 heavy (non-hydrogen) atoms. The average Bonchev–Trinajstić information content (AvgIpc) is 3.67. The van der Waals surface area contributed by atoms with Crippen LogP contribution in [-0.2, 0) is 6.54 Å². The van der Waals surface area contributed by atoms with Gasteiger partial charge in [-0.2, -0.15) is 0 Å². The molecule has 2 N–H and O–H groups in total. The van der Waals surface area contributed by atoms with Gasteiger partial charge in [-0.1, -0.05) is 182 Å². The summed E-state index contributed by atoms with van der Waals surface area (Å²) >= 11 is 0. The second-order valence-electron chi connectivity index (χ2n) is 15.5. The van der Waals surface area contributed by atoms with Crippen molar-refractivity contribution in [1.82, 2.24) is 4.57 Å². The largest absolute Gasteiger partial charge is 0.383 e. The van der Waals surface area contributed by atoms with Crippen molar-refractivity contribution in [1.29, 1.82) is 0 Å². The van der Waals surface area contributed by atoms with Crippen molar-refractivity contribution >= 4 is 65.8 Å². The molecule has 0 bridgehead atoms. The van der Waals surface area contributed by atoms with Crippen LogP contribution in [0.4, 0.5) is 0 Å². The third kappa shape index (κ3) is 6.52. The average molecular weight is 781 g/mol. The van der Waals surface area contributed by atoms with Crippen LogP contribution in [0.15, 0.2) is 228 Å². The molecule has 4 nitrogen and oxygen atoms in total. The monoisotopic (exact) mass is 780 g/mol. The Balaban J connectivity index is 1.03. The van der Waals surface area contributed by atoms with Crippen LogP contribution in [0.25, 0.3) is 82.1 Å². The molecule has 0 fully saturated rings. The summed E-state index contributed by atoms with van der Waals surface area (Å²) in [6.45, 7) is 0.499. The van der Waals surface area contributed by atoms with Crippen molar-refractivity contribution < 1.29 is 0 Å². The van der Waals surface area contributed by atoms with Crippen LogP contribution in [0, 0.1) is 0 Å². The number of rotatable bonds is 7. The maximum Gasteiger partial charge on any atom is 0.157 e. The second-order valence-corrected chi connectivity index (χ2v) is 15.5. The van der Waals surface area contributed by atoms with E-state index in [2.05, 4.69) is 174 Å². The molecule has 11 aromatic rings. The SMILES string of the molecule is NC(=NC(=NCc1ccccc1)c1ccc(-c2cccc3c4ccccc4c4cc(-c5ccc6c(c5)c5ccccc5n6-c5ccccc5)ccc4c23)cc1)c1ccccc1. The van der Waals surface area contributed by atoms with E-state index in [0.29, 0.717) is 18.2 Å². The topological polar surface area (TPSA) is 55.7 Å². The summed E-state index contributed by atoms with van der Waals surface area (Å²) in [6, 6.07) is 77.5. The first kappa shape index (κ1) is 36.0. The van der Waals surface area contributed by atoms with E-state index in [1.54, 1.807) is 0 Å². The van der Waals surface area contributed by atoms with E-state index in [-0.39, 0.29) is 0 Å². The van der Waals surface area contributed by atoms with E-state index in [0.717, 1.165) is 27.9 Å². The molecule has 0 amide bonds. The molecule has 1 aromatic heterocycles. The lowest BCUT2D eigenvalue weighted by Gasteiger charge is -2.16. The summed E-state index contributed by atoms with van der Waals surface area (Å²) < 4.78 is 2.37. The van der Waals surface area contributed by atoms with Gasteiger partial charge in [0.2, 0.25) is 0 Å². The molecule has 0 unspecified atom stereocenters. The number of fused-ring (bicyclic) bond motifs is 9. The number of hydrogen-bond donors (Lipinski definition) is 1. The van der Waals surface area contributed by atoms with Gasteiger partial charge in [-0.25, -0.2) is 4.99 Å². The Labute approximate surface area is 354 Å². The van der Waals surface area contributed by atoms with Gasteiger partial charge < -0.3 is 10.3 Å². The van der Waals surface area contributed by atoms with Gasteiger partial charge in [0.15, 0.2) is 5.84 Å². The fraction of sp³-hybridized carbons (Fsp3) is 0.0175. The van der Waals surface area contributed by atoms with E-state index in [1.807, 2.05) is 48.5 Å². The number of nitrogens with zero attached hydrogens (tertiary/aromatic N) is 3.